The Morgan fingerprint density at radius 1 is 1.10 bits per heavy atom. The molecule has 4 rings (SSSR count). The van der Waals surface area contributed by atoms with E-state index >= 15 is 0 Å². The number of aryl methyl sites for hydroxylation is 2. The normalized spacial score (nSPS) is 11.7. The summed E-state index contributed by atoms with van der Waals surface area (Å²) in [6.45, 7) is 4.54. The molecule has 6 heteroatoms. The zero-order valence-corrected chi connectivity index (χ0v) is 17.1. The second-order valence-electron chi connectivity index (χ2n) is 6.85. The number of aromatic nitrogens is 2. The van der Waals surface area contributed by atoms with Crippen LogP contribution in [0.25, 0.3) is 10.8 Å². The van der Waals surface area contributed by atoms with Gasteiger partial charge in [0.15, 0.2) is 0 Å². The Labute approximate surface area is 173 Å². The molecule has 1 amide bonds. The molecule has 0 saturated heterocycles. The Morgan fingerprint density at radius 2 is 1.93 bits per heavy atom. The van der Waals surface area contributed by atoms with E-state index in [-0.39, 0.29) is 12.3 Å². The third-order valence-corrected chi connectivity index (χ3v) is 5.43. The van der Waals surface area contributed by atoms with Crippen LogP contribution in [-0.2, 0) is 17.8 Å². The number of thiophene rings is 1. The van der Waals surface area contributed by atoms with E-state index in [1.807, 2.05) is 53.4 Å². The topological polar surface area (TPSA) is 60.4 Å². The van der Waals surface area contributed by atoms with Crippen LogP contribution in [0.3, 0.4) is 0 Å². The Bertz CT molecular complexity index is 1190. The van der Waals surface area contributed by atoms with Gasteiger partial charge in [-0.3, -0.25) is 4.79 Å². The van der Waals surface area contributed by atoms with Crippen LogP contribution in [0.1, 0.15) is 22.6 Å². The van der Waals surface area contributed by atoms with Crippen molar-refractivity contribution in [1.82, 2.24) is 9.55 Å². The standard InChI is InChI=1S/C23H21N3O2S/c1-16-8-10-18(11-9-16)15-26-12-4-3-7-21(26)25-22(27)14-19-17(2)28-23(24-19)20-6-5-13-29-20/h3-13H,14-15H2,1-2H3. The predicted octanol–water partition coefficient (Wildman–Crippen LogP) is 4.54. The number of amides is 1. The van der Waals surface area contributed by atoms with Crippen LogP contribution in [0.2, 0.25) is 0 Å². The lowest BCUT2D eigenvalue weighted by Crippen LogP contribution is -2.22. The predicted molar refractivity (Wildman–Crippen MR) is 114 cm³/mol. The van der Waals surface area contributed by atoms with Crippen molar-refractivity contribution >= 4 is 17.2 Å². The van der Waals surface area contributed by atoms with Crippen molar-refractivity contribution in [3.05, 3.63) is 94.2 Å². The lowest BCUT2D eigenvalue weighted by molar-refractivity contribution is -0.117. The number of hydrogen-bond donors (Lipinski definition) is 0. The first-order valence-corrected chi connectivity index (χ1v) is 10.3. The van der Waals surface area contributed by atoms with Crippen LogP contribution in [-0.4, -0.2) is 15.5 Å². The molecule has 0 bridgehead atoms. The minimum atomic E-state index is -0.247. The van der Waals surface area contributed by atoms with Crippen LogP contribution < -0.4 is 5.49 Å². The van der Waals surface area contributed by atoms with Gasteiger partial charge in [0.1, 0.15) is 11.2 Å². The average Bonchev–Trinajstić information content (AvgIpc) is 3.36. The van der Waals surface area contributed by atoms with Gasteiger partial charge in [-0.05, 0) is 43.0 Å². The molecule has 0 saturated carbocycles. The van der Waals surface area contributed by atoms with Crippen molar-refractivity contribution in [1.29, 1.82) is 0 Å². The molecule has 0 unspecified atom stereocenters. The van der Waals surface area contributed by atoms with E-state index in [2.05, 4.69) is 41.2 Å². The summed E-state index contributed by atoms with van der Waals surface area (Å²) < 4.78 is 7.69. The minimum absolute atomic E-state index is 0.111. The van der Waals surface area contributed by atoms with Crippen LogP contribution >= 0.6 is 11.3 Å². The quantitative estimate of drug-likeness (QED) is 0.491. The van der Waals surface area contributed by atoms with E-state index in [4.69, 9.17) is 4.42 Å². The lowest BCUT2D eigenvalue weighted by atomic mass is 10.1. The molecule has 5 nitrogen and oxygen atoms in total. The SMILES string of the molecule is Cc1ccc(Cn2ccccc2=NC(=O)Cc2nc(-c3cccs3)oc2C)cc1. The summed E-state index contributed by atoms with van der Waals surface area (Å²) >= 11 is 1.56. The summed E-state index contributed by atoms with van der Waals surface area (Å²) in [6.07, 6.45) is 2.04. The second-order valence-corrected chi connectivity index (χ2v) is 7.80. The largest absolute Gasteiger partial charge is 0.440 e. The number of rotatable bonds is 5. The number of pyridine rings is 1. The molecule has 3 heterocycles. The highest BCUT2D eigenvalue weighted by Gasteiger charge is 2.15. The van der Waals surface area contributed by atoms with Crippen molar-refractivity contribution in [2.24, 2.45) is 4.99 Å². The van der Waals surface area contributed by atoms with Crippen molar-refractivity contribution in [2.45, 2.75) is 26.8 Å². The van der Waals surface area contributed by atoms with Gasteiger partial charge in [0, 0.05) is 12.7 Å². The molecule has 1 aromatic carbocycles. The molecule has 0 aliphatic heterocycles. The van der Waals surface area contributed by atoms with Crippen LogP contribution in [0.5, 0.6) is 0 Å². The van der Waals surface area contributed by atoms with Gasteiger partial charge in [-0.25, -0.2) is 4.98 Å². The molecule has 0 spiro atoms. The fourth-order valence-corrected chi connectivity index (χ4v) is 3.65. The third-order valence-electron chi connectivity index (χ3n) is 4.57. The van der Waals surface area contributed by atoms with E-state index in [0.29, 0.717) is 29.4 Å². The maximum Gasteiger partial charge on any atom is 0.253 e. The lowest BCUT2D eigenvalue weighted by Gasteiger charge is -2.07. The average molecular weight is 404 g/mol. The van der Waals surface area contributed by atoms with Crippen LogP contribution in [0, 0.1) is 13.8 Å². The van der Waals surface area contributed by atoms with E-state index in [1.54, 1.807) is 11.3 Å². The monoisotopic (exact) mass is 403 g/mol. The van der Waals surface area contributed by atoms with Gasteiger partial charge in [0.25, 0.3) is 5.91 Å². The van der Waals surface area contributed by atoms with Crippen molar-refractivity contribution in [2.75, 3.05) is 0 Å². The highest BCUT2D eigenvalue weighted by Crippen LogP contribution is 2.26. The minimum Gasteiger partial charge on any atom is -0.440 e. The summed E-state index contributed by atoms with van der Waals surface area (Å²) in [5.74, 6) is 0.954. The van der Waals surface area contributed by atoms with Gasteiger partial charge in [0.05, 0.1) is 17.0 Å². The van der Waals surface area contributed by atoms with Crippen molar-refractivity contribution < 1.29 is 9.21 Å². The third kappa shape index (κ3) is 4.60. The Morgan fingerprint density at radius 3 is 2.69 bits per heavy atom. The number of oxazole rings is 1. The molecule has 3 aromatic heterocycles. The Hall–Kier alpha value is -3.25. The maximum atomic E-state index is 12.6. The summed E-state index contributed by atoms with van der Waals surface area (Å²) in [5, 5.41) is 1.97. The molecular weight excluding hydrogens is 382 g/mol. The number of carbonyl (C=O) groups is 1. The van der Waals surface area contributed by atoms with Crippen molar-refractivity contribution in [3.63, 3.8) is 0 Å². The molecule has 0 aliphatic rings. The summed E-state index contributed by atoms with van der Waals surface area (Å²) in [4.78, 5) is 22.4. The van der Waals surface area contributed by atoms with E-state index in [1.165, 1.54) is 5.56 Å². The number of benzene rings is 1. The highest BCUT2D eigenvalue weighted by atomic mass is 32.1. The van der Waals surface area contributed by atoms with Crippen LogP contribution in [0.15, 0.2) is 75.6 Å². The molecule has 146 valence electrons. The maximum absolute atomic E-state index is 12.6. The smallest absolute Gasteiger partial charge is 0.253 e. The van der Waals surface area contributed by atoms with Gasteiger partial charge in [0.2, 0.25) is 5.89 Å². The fraction of sp³-hybridized carbons (Fsp3) is 0.174. The number of nitrogens with zero attached hydrogens (tertiary/aromatic N) is 3. The molecule has 29 heavy (non-hydrogen) atoms. The molecule has 4 aromatic rings. The van der Waals surface area contributed by atoms with Gasteiger partial charge in [-0.1, -0.05) is 42.0 Å². The zero-order valence-electron chi connectivity index (χ0n) is 16.3. The number of carbonyl (C=O) groups excluding carboxylic acids is 1. The molecule has 0 N–H and O–H groups in total. The first kappa shape index (κ1) is 19.1. The first-order chi connectivity index (χ1) is 14.1. The van der Waals surface area contributed by atoms with E-state index in [0.717, 1.165) is 10.4 Å². The fourth-order valence-electron chi connectivity index (χ4n) is 3.00. The Balaban J connectivity index is 1.55. The van der Waals surface area contributed by atoms with Gasteiger partial charge >= 0.3 is 0 Å². The van der Waals surface area contributed by atoms with Gasteiger partial charge in [-0.2, -0.15) is 4.99 Å². The molecule has 0 atom stereocenters. The van der Waals surface area contributed by atoms with E-state index < -0.39 is 0 Å². The van der Waals surface area contributed by atoms with Gasteiger partial charge < -0.3 is 8.98 Å². The summed E-state index contributed by atoms with van der Waals surface area (Å²) in [7, 11) is 0. The zero-order chi connectivity index (χ0) is 20.2. The molecule has 0 aliphatic carbocycles. The molecule has 0 radical (unpaired) electrons. The summed E-state index contributed by atoms with van der Waals surface area (Å²) in [6, 6.07) is 17.9. The molecule has 0 fully saturated rings. The van der Waals surface area contributed by atoms with Crippen molar-refractivity contribution in [3.8, 4) is 10.8 Å². The first-order valence-electron chi connectivity index (χ1n) is 9.37. The highest BCUT2D eigenvalue weighted by molar-refractivity contribution is 7.13. The summed E-state index contributed by atoms with van der Waals surface area (Å²) in [5.41, 5.74) is 3.63. The van der Waals surface area contributed by atoms with Gasteiger partial charge in [-0.15, -0.1) is 11.3 Å². The van der Waals surface area contributed by atoms with Crippen LogP contribution in [0.4, 0.5) is 0 Å². The Kier molecular flexibility index (Phi) is 5.53. The number of hydrogen-bond acceptors (Lipinski definition) is 4. The van der Waals surface area contributed by atoms with E-state index in [9.17, 15) is 4.79 Å². The second kappa shape index (κ2) is 8.41. The molecular formula is C23H21N3O2S.